The fourth-order valence-corrected chi connectivity index (χ4v) is 4.52. The van der Waals surface area contributed by atoms with Crippen molar-refractivity contribution in [3.63, 3.8) is 0 Å². The first-order valence-electron chi connectivity index (χ1n) is 11.8. The van der Waals surface area contributed by atoms with Crippen molar-refractivity contribution >= 4 is 11.2 Å². The molecular weight excluding hydrogens is 462 g/mol. The molecule has 10 nitrogen and oxygen atoms in total. The van der Waals surface area contributed by atoms with Gasteiger partial charge in [0.15, 0.2) is 23.3 Å². The second-order valence-corrected chi connectivity index (χ2v) is 9.02. The second kappa shape index (κ2) is 9.19. The summed E-state index contributed by atoms with van der Waals surface area (Å²) in [6.45, 7) is 2.77. The molecule has 36 heavy (non-hydrogen) atoms. The quantitative estimate of drug-likeness (QED) is 0.388. The first-order valence-corrected chi connectivity index (χ1v) is 11.8. The first-order chi connectivity index (χ1) is 17.6. The van der Waals surface area contributed by atoms with Crippen LogP contribution < -0.4 is 23.7 Å². The third kappa shape index (κ3) is 4.24. The van der Waals surface area contributed by atoms with Crippen LogP contribution in [0, 0.1) is 0 Å². The summed E-state index contributed by atoms with van der Waals surface area (Å²) in [6, 6.07) is 9.59. The molecule has 0 N–H and O–H groups in total. The van der Waals surface area contributed by atoms with E-state index in [2.05, 4.69) is 26.9 Å². The Labute approximate surface area is 208 Å². The van der Waals surface area contributed by atoms with E-state index in [9.17, 15) is 0 Å². The van der Waals surface area contributed by atoms with Crippen molar-refractivity contribution in [2.24, 2.45) is 0 Å². The molecule has 186 valence electrons. The Kier molecular flexibility index (Phi) is 5.73. The highest BCUT2D eigenvalue weighted by Gasteiger charge is 2.27. The molecule has 5 heterocycles. The highest BCUT2D eigenvalue weighted by Crippen LogP contribution is 2.44. The van der Waals surface area contributed by atoms with Gasteiger partial charge < -0.3 is 28.3 Å². The Morgan fingerprint density at radius 2 is 1.92 bits per heavy atom. The van der Waals surface area contributed by atoms with E-state index in [1.54, 1.807) is 39.0 Å². The average molecular weight is 490 g/mol. The lowest BCUT2D eigenvalue weighted by Crippen LogP contribution is -2.51. The summed E-state index contributed by atoms with van der Waals surface area (Å²) in [5.74, 6) is 3.11. The molecule has 0 radical (unpaired) electrons. The fourth-order valence-electron chi connectivity index (χ4n) is 4.52. The van der Waals surface area contributed by atoms with Crippen LogP contribution in [-0.2, 0) is 6.54 Å². The van der Waals surface area contributed by atoms with Crippen molar-refractivity contribution in [2.75, 3.05) is 41.0 Å². The molecule has 2 aliphatic heterocycles. The van der Waals surface area contributed by atoms with E-state index < -0.39 is 0 Å². The van der Waals surface area contributed by atoms with E-state index in [-0.39, 0.29) is 12.2 Å². The maximum atomic E-state index is 6.26. The van der Waals surface area contributed by atoms with Crippen molar-refractivity contribution < 1.29 is 23.7 Å². The van der Waals surface area contributed by atoms with Crippen molar-refractivity contribution in [3.05, 3.63) is 60.2 Å². The standard InChI is InChI=1S/C26H27N5O5/c1-30-12-19(13-30)35-18-8-20-26(28-10-18)31(15-29-20)11-16-6-21(32-2)25-22(7-16)34-14-23(36-25)17-4-5-24(33-3)27-9-17/h4-10,15,19,23H,11-14H2,1-3H3. The van der Waals surface area contributed by atoms with Crippen molar-refractivity contribution in [2.45, 2.75) is 18.8 Å². The van der Waals surface area contributed by atoms with Crippen LogP contribution in [-0.4, -0.2) is 71.5 Å². The van der Waals surface area contributed by atoms with Gasteiger partial charge in [0.05, 0.1) is 33.3 Å². The molecule has 1 unspecified atom stereocenters. The van der Waals surface area contributed by atoms with E-state index in [1.807, 2.05) is 28.8 Å². The molecular formula is C26H27N5O5. The van der Waals surface area contributed by atoms with E-state index in [0.29, 0.717) is 36.3 Å². The highest BCUT2D eigenvalue weighted by molar-refractivity contribution is 5.72. The summed E-state index contributed by atoms with van der Waals surface area (Å²) in [7, 11) is 5.29. The van der Waals surface area contributed by atoms with Crippen molar-refractivity contribution in [1.82, 2.24) is 24.4 Å². The molecule has 0 saturated carbocycles. The van der Waals surface area contributed by atoms with Gasteiger partial charge in [0.1, 0.15) is 24.0 Å². The third-order valence-electron chi connectivity index (χ3n) is 6.41. The van der Waals surface area contributed by atoms with Crippen molar-refractivity contribution in [1.29, 1.82) is 0 Å². The van der Waals surface area contributed by atoms with E-state index in [0.717, 1.165) is 41.1 Å². The number of ether oxygens (including phenoxy) is 5. The van der Waals surface area contributed by atoms with E-state index in [4.69, 9.17) is 23.7 Å². The van der Waals surface area contributed by atoms with Crippen LogP contribution in [0.4, 0.5) is 0 Å². The van der Waals surface area contributed by atoms with Gasteiger partial charge in [-0.25, -0.2) is 15.0 Å². The number of imidazole rings is 1. The summed E-state index contributed by atoms with van der Waals surface area (Å²) >= 11 is 0. The van der Waals surface area contributed by atoms with E-state index in [1.165, 1.54) is 0 Å². The number of pyridine rings is 2. The maximum absolute atomic E-state index is 6.26. The third-order valence-corrected chi connectivity index (χ3v) is 6.41. The minimum absolute atomic E-state index is 0.210. The number of benzene rings is 1. The van der Waals surface area contributed by atoms with Gasteiger partial charge >= 0.3 is 0 Å². The number of hydrogen-bond acceptors (Lipinski definition) is 9. The highest BCUT2D eigenvalue weighted by atomic mass is 16.6. The Balaban J connectivity index is 1.21. The molecule has 4 aromatic rings. The van der Waals surface area contributed by atoms with Crippen LogP contribution in [0.2, 0.25) is 0 Å². The molecule has 1 atom stereocenters. The lowest BCUT2D eigenvalue weighted by atomic mass is 10.1. The van der Waals surface area contributed by atoms with Gasteiger partial charge in [-0.15, -0.1) is 0 Å². The van der Waals surface area contributed by atoms with Crippen LogP contribution in [0.15, 0.2) is 49.1 Å². The molecule has 1 saturated heterocycles. The van der Waals surface area contributed by atoms with Gasteiger partial charge in [0.25, 0.3) is 0 Å². The lowest BCUT2D eigenvalue weighted by Gasteiger charge is -2.35. The molecule has 2 aliphatic rings. The maximum Gasteiger partial charge on any atom is 0.212 e. The summed E-state index contributed by atoms with van der Waals surface area (Å²) in [5.41, 5.74) is 3.46. The smallest absolute Gasteiger partial charge is 0.212 e. The molecule has 0 bridgehead atoms. The summed E-state index contributed by atoms with van der Waals surface area (Å²) in [4.78, 5) is 15.6. The number of likely N-dealkylation sites (tertiary alicyclic amines) is 1. The number of fused-ring (bicyclic) bond motifs is 2. The number of likely N-dealkylation sites (N-methyl/N-ethyl adjacent to an activating group) is 1. The Bertz CT molecular complexity index is 1370. The molecule has 0 spiro atoms. The van der Waals surface area contributed by atoms with Crippen molar-refractivity contribution in [3.8, 4) is 28.9 Å². The summed E-state index contributed by atoms with van der Waals surface area (Å²) in [6.07, 6.45) is 5.19. The lowest BCUT2D eigenvalue weighted by molar-refractivity contribution is 0.0387. The zero-order chi connectivity index (χ0) is 24.6. The minimum Gasteiger partial charge on any atom is -0.493 e. The predicted octanol–water partition coefficient (Wildman–Crippen LogP) is 3.10. The molecule has 1 fully saturated rings. The number of nitrogens with zero attached hydrogens (tertiary/aromatic N) is 5. The largest absolute Gasteiger partial charge is 0.493 e. The molecule has 0 amide bonds. The van der Waals surface area contributed by atoms with Crippen LogP contribution in [0.25, 0.3) is 11.2 Å². The number of methoxy groups -OCH3 is 2. The Morgan fingerprint density at radius 1 is 1.03 bits per heavy atom. The van der Waals surface area contributed by atoms with Gasteiger partial charge in [-0.1, -0.05) is 0 Å². The van der Waals surface area contributed by atoms with E-state index >= 15 is 0 Å². The van der Waals surface area contributed by atoms with Crippen LogP contribution >= 0.6 is 0 Å². The van der Waals surface area contributed by atoms with Crippen LogP contribution in [0.5, 0.6) is 28.9 Å². The van der Waals surface area contributed by atoms with Gasteiger partial charge in [0, 0.05) is 37.0 Å². The first kappa shape index (κ1) is 22.4. The molecule has 6 rings (SSSR count). The minimum atomic E-state index is -0.297. The normalized spacial score (nSPS) is 17.6. The number of rotatable bonds is 7. The van der Waals surface area contributed by atoms with Gasteiger partial charge in [-0.2, -0.15) is 0 Å². The fraction of sp³-hybridized carbons (Fsp3) is 0.346. The summed E-state index contributed by atoms with van der Waals surface area (Å²) < 4.78 is 31.1. The zero-order valence-electron chi connectivity index (χ0n) is 20.4. The monoisotopic (exact) mass is 489 g/mol. The zero-order valence-corrected chi connectivity index (χ0v) is 20.4. The number of aromatic nitrogens is 4. The van der Waals surface area contributed by atoms with Gasteiger partial charge in [0.2, 0.25) is 11.6 Å². The SMILES string of the molecule is COc1ccc(C2COc3cc(Cn4cnc5cc(OC6CN(C)C6)cnc54)cc(OC)c3O2)cn1. The Hall–Kier alpha value is -4.05. The van der Waals surface area contributed by atoms with Gasteiger partial charge in [-0.3, -0.25) is 4.90 Å². The molecule has 0 aliphatic carbocycles. The molecule has 10 heteroatoms. The summed E-state index contributed by atoms with van der Waals surface area (Å²) in [5, 5.41) is 0. The van der Waals surface area contributed by atoms with Gasteiger partial charge in [-0.05, 0) is 30.8 Å². The molecule has 3 aromatic heterocycles. The second-order valence-electron chi connectivity index (χ2n) is 9.02. The van der Waals surface area contributed by atoms with Crippen LogP contribution in [0.3, 0.4) is 0 Å². The van der Waals surface area contributed by atoms with Crippen LogP contribution in [0.1, 0.15) is 17.2 Å². The predicted molar refractivity (Wildman–Crippen MR) is 131 cm³/mol. The Morgan fingerprint density at radius 3 is 2.67 bits per heavy atom. The topological polar surface area (TPSA) is 93.0 Å². The average Bonchev–Trinajstić information content (AvgIpc) is 3.28. The molecule has 1 aromatic carbocycles. The number of hydrogen-bond donors (Lipinski definition) is 0.